The van der Waals surface area contributed by atoms with Crippen molar-refractivity contribution < 1.29 is 13.5 Å². The largest absolute Gasteiger partial charge is 0.460 e. The number of halogens is 1. The fraction of sp³-hybridized carbons (Fsp3) is 0.194. The van der Waals surface area contributed by atoms with Crippen LogP contribution in [0.25, 0.3) is 101 Å². The Bertz CT molecular complexity index is 4200. The van der Waals surface area contributed by atoms with Crippen LogP contribution in [0.15, 0.2) is 192 Å². The second-order valence-corrected chi connectivity index (χ2v) is 22.3. The first kappa shape index (κ1) is 51.0. The minimum Gasteiger partial charge on any atom is -0.460 e. The summed E-state index contributed by atoms with van der Waals surface area (Å²) in [6.45, 7) is 22.0. The molecule has 0 spiro atoms. The molecular weight excluding hydrogens is 972 g/mol. The number of nitrogens with zero attached hydrogens (tertiary/aromatic N) is 4. The molecule has 0 bridgehead atoms. The molecule has 0 aliphatic heterocycles. The van der Waals surface area contributed by atoms with Gasteiger partial charge in [0.1, 0.15) is 45.8 Å². The quantitative estimate of drug-likeness (QED) is 0.115. The average Bonchev–Trinajstić information content (AvgIpc) is 4.35. The number of benzene rings is 9. The van der Waals surface area contributed by atoms with Crippen LogP contribution in [-0.2, 0) is 0 Å². The summed E-state index contributed by atoms with van der Waals surface area (Å²) in [6.07, 6.45) is 0. The maximum absolute atomic E-state index is 16.9. The van der Waals surface area contributed by atoms with Crippen molar-refractivity contribution in [3.05, 3.63) is 227 Å². The van der Waals surface area contributed by atoms with Gasteiger partial charge in [0.25, 0.3) is 0 Å². The normalized spacial score (nSPS) is 11.9. The highest BCUT2D eigenvalue weighted by Gasteiger charge is 2.29. The number of hydrogen-bond acceptors (Lipinski definition) is 4. The molecule has 0 aliphatic rings. The smallest absolute Gasteiger partial charge is 0.149 e. The number of aryl methyl sites for hydroxylation is 2. The van der Waals surface area contributed by atoms with Crippen LogP contribution in [0.3, 0.4) is 0 Å². The Hall–Kier alpha value is -8.81. The monoisotopic (exact) mass is 1040 g/mol. The zero-order valence-corrected chi connectivity index (χ0v) is 46.7. The number of aromatic nitrogens is 4. The van der Waals surface area contributed by atoms with Crippen molar-refractivity contribution in [2.45, 2.75) is 92.9 Å². The number of ether oxygens (including phenoxy) is 1. The SMILES string of the molecule is Cc1oc2c(-c3nc4cccc(F)c4n3-c3c(C(C)C)cc(-c4ccc(-c5ccccc5)cc4)cc3C(C)C)cc(Oc3cccc(-c4nc5ccccc5n4-c4c(C(C)C)cc(-c5ccccc5)cc4C(C)C)c3)cc2c1C. The zero-order valence-electron chi connectivity index (χ0n) is 46.7. The van der Waals surface area contributed by atoms with Crippen molar-refractivity contribution in [1.82, 2.24) is 19.1 Å². The summed E-state index contributed by atoms with van der Waals surface area (Å²) in [4.78, 5) is 10.7. The van der Waals surface area contributed by atoms with E-state index in [9.17, 15) is 0 Å². The Kier molecular flexibility index (Phi) is 13.2. The Balaban J connectivity index is 1.01. The number of para-hydroxylation sites is 3. The van der Waals surface area contributed by atoms with E-state index < -0.39 is 0 Å². The average molecular weight is 1040 g/mol. The van der Waals surface area contributed by atoms with Gasteiger partial charge >= 0.3 is 0 Å². The van der Waals surface area contributed by atoms with Crippen LogP contribution in [0.1, 0.15) is 113 Å². The highest BCUT2D eigenvalue weighted by atomic mass is 19.1. The summed E-state index contributed by atoms with van der Waals surface area (Å²) in [5.74, 6) is 3.65. The van der Waals surface area contributed by atoms with E-state index in [-0.39, 0.29) is 29.5 Å². The molecule has 0 saturated heterocycles. The standard InChI is InChI=1S/C72H65FN4O2/c1-42(2)57-36-53(49-23-15-12-16-24-49)37-58(43(3)4)67(57)76-66-30-18-17-28-64(66)74-71(76)52-25-19-26-55(35-52)79-56-40-61-46(9)47(10)78-70(61)62(41-56)72-75-65-29-20-27-63(73)69(65)77(72)68-59(44(5)6)38-54(39-60(68)45(7)8)51-33-31-50(32-34-51)48-21-13-11-14-22-48/h11-45H,1-10H3. The van der Waals surface area contributed by atoms with Gasteiger partial charge in [-0.15, -0.1) is 0 Å². The van der Waals surface area contributed by atoms with Crippen LogP contribution in [-0.4, -0.2) is 19.1 Å². The highest BCUT2D eigenvalue weighted by Crippen LogP contribution is 2.46. The number of furan rings is 1. The summed E-state index contributed by atoms with van der Waals surface area (Å²) in [5, 5.41) is 0.894. The van der Waals surface area contributed by atoms with Crippen molar-refractivity contribution in [1.29, 1.82) is 0 Å². The van der Waals surface area contributed by atoms with Crippen molar-refractivity contribution in [3.63, 3.8) is 0 Å². The van der Waals surface area contributed by atoms with Crippen LogP contribution in [0.2, 0.25) is 0 Å². The molecule has 12 rings (SSSR count). The molecule has 3 heterocycles. The molecule has 12 aromatic rings. The van der Waals surface area contributed by atoms with Gasteiger partial charge in [-0.2, -0.15) is 0 Å². The van der Waals surface area contributed by atoms with Crippen molar-refractivity contribution in [2.24, 2.45) is 0 Å². The van der Waals surface area contributed by atoms with Gasteiger partial charge in [-0.3, -0.25) is 9.13 Å². The zero-order chi connectivity index (χ0) is 54.8. The van der Waals surface area contributed by atoms with E-state index in [0.29, 0.717) is 39.5 Å². The third kappa shape index (κ3) is 9.21. The summed E-state index contributed by atoms with van der Waals surface area (Å²) in [6, 6.07) is 65.1. The van der Waals surface area contributed by atoms with Gasteiger partial charge in [-0.25, -0.2) is 14.4 Å². The lowest BCUT2D eigenvalue weighted by Gasteiger charge is -2.24. The van der Waals surface area contributed by atoms with Crippen LogP contribution in [0, 0.1) is 19.7 Å². The lowest BCUT2D eigenvalue weighted by molar-refractivity contribution is 0.483. The molecule has 7 heteroatoms. The minimum absolute atomic E-state index is 0.0685. The molecule has 0 unspecified atom stereocenters. The summed E-state index contributed by atoms with van der Waals surface area (Å²) in [5.41, 5.74) is 19.9. The molecule has 392 valence electrons. The molecule has 3 aromatic heterocycles. The Morgan fingerprint density at radius 2 is 0.911 bits per heavy atom. The molecule has 0 N–H and O–H groups in total. The summed E-state index contributed by atoms with van der Waals surface area (Å²) in [7, 11) is 0. The van der Waals surface area contributed by atoms with Gasteiger partial charge in [0.15, 0.2) is 0 Å². The van der Waals surface area contributed by atoms with E-state index in [0.717, 1.165) is 78.3 Å². The molecular formula is C72H65FN4O2. The first-order chi connectivity index (χ1) is 38.2. The number of imidazole rings is 2. The first-order valence-corrected chi connectivity index (χ1v) is 27.8. The number of hydrogen-bond donors (Lipinski definition) is 0. The molecule has 0 amide bonds. The van der Waals surface area contributed by atoms with Crippen LogP contribution >= 0.6 is 0 Å². The molecule has 79 heavy (non-hydrogen) atoms. The Morgan fingerprint density at radius 3 is 1.51 bits per heavy atom. The van der Waals surface area contributed by atoms with E-state index in [1.807, 2.05) is 37.3 Å². The van der Waals surface area contributed by atoms with E-state index in [1.165, 1.54) is 33.9 Å². The van der Waals surface area contributed by atoms with E-state index in [2.05, 4.69) is 217 Å². The molecule has 0 radical (unpaired) electrons. The second kappa shape index (κ2) is 20.5. The highest BCUT2D eigenvalue weighted by molar-refractivity contribution is 5.98. The Labute approximate surface area is 462 Å². The second-order valence-electron chi connectivity index (χ2n) is 22.3. The number of rotatable bonds is 13. The topological polar surface area (TPSA) is 58.0 Å². The van der Waals surface area contributed by atoms with E-state index in [1.54, 1.807) is 6.07 Å². The maximum Gasteiger partial charge on any atom is 0.149 e. The summed E-state index contributed by atoms with van der Waals surface area (Å²) < 4.78 is 35.1. The van der Waals surface area contributed by atoms with E-state index in [4.69, 9.17) is 19.1 Å². The van der Waals surface area contributed by atoms with Crippen LogP contribution in [0.4, 0.5) is 4.39 Å². The molecule has 9 aromatic carbocycles. The van der Waals surface area contributed by atoms with Gasteiger partial charge in [-0.1, -0.05) is 171 Å². The van der Waals surface area contributed by atoms with Crippen molar-refractivity contribution in [2.75, 3.05) is 0 Å². The maximum atomic E-state index is 16.9. The third-order valence-corrected chi connectivity index (χ3v) is 15.7. The summed E-state index contributed by atoms with van der Waals surface area (Å²) >= 11 is 0. The van der Waals surface area contributed by atoms with Crippen LogP contribution in [0.5, 0.6) is 11.5 Å². The fourth-order valence-electron chi connectivity index (χ4n) is 11.5. The van der Waals surface area contributed by atoms with Gasteiger partial charge in [-0.05, 0) is 172 Å². The predicted molar refractivity (Wildman–Crippen MR) is 325 cm³/mol. The fourth-order valence-corrected chi connectivity index (χ4v) is 11.5. The van der Waals surface area contributed by atoms with Gasteiger partial charge in [0.2, 0.25) is 0 Å². The first-order valence-electron chi connectivity index (χ1n) is 27.8. The van der Waals surface area contributed by atoms with Gasteiger partial charge in [0.05, 0.1) is 33.5 Å². The molecule has 0 aliphatic carbocycles. The molecule has 6 nitrogen and oxygen atoms in total. The van der Waals surface area contributed by atoms with Crippen LogP contribution < -0.4 is 4.74 Å². The van der Waals surface area contributed by atoms with Crippen molar-refractivity contribution >= 4 is 33.0 Å². The lowest BCUT2D eigenvalue weighted by atomic mass is 9.87. The van der Waals surface area contributed by atoms with Gasteiger partial charge < -0.3 is 9.15 Å². The predicted octanol–water partition coefficient (Wildman–Crippen LogP) is 20.5. The van der Waals surface area contributed by atoms with Crippen molar-refractivity contribution in [3.8, 4) is 79.0 Å². The molecule has 0 atom stereocenters. The van der Waals surface area contributed by atoms with Gasteiger partial charge in [0, 0.05) is 10.9 Å². The Morgan fingerprint density at radius 1 is 0.430 bits per heavy atom. The van der Waals surface area contributed by atoms with E-state index >= 15 is 4.39 Å². The molecule has 0 fully saturated rings. The third-order valence-electron chi connectivity index (χ3n) is 15.7. The lowest BCUT2D eigenvalue weighted by Crippen LogP contribution is -2.10. The minimum atomic E-state index is -0.354. The molecule has 0 saturated carbocycles. The number of fused-ring (bicyclic) bond motifs is 3.